The van der Waals surface area contributed by atoms with Crippen molar-refractivity contribution in [2.45, 2.75) is 12.8 Å². The van der Waals surface area contributed by atoms with Crippen molar-refractivity contribution >= 4 is 81.0 Å². The summed E-state index contributed by atoms with van der Waals surface area (Å²) in [5.41, 5.74) is 12.0. The highest BCUT2D eigenvalue weighted by molar-refractivity contribution is 7.25. The zero-order valence-corrected chi connectivity index (χ0v) is 31.0. The van der Waals surface area contributed by atoms with E-state index in [0.717, 1.165) is 24.2 Å². The first-order valence-corrected chi connectivity index (χ1v) is 19.9. The molecule has 0 radical (unpaired) electrons. The van der Waals surface area contributed by atoms with E-state index in [-0.39, 0.29) is 0 Å². The Balaban J connectivity index is 1.20. The molecule has 0 saturated heterocycles. The Kier molecular flexibility index (Phi) is 7.53. The van der Waals surface area contributed by atoms with E-state index in [1.807, 2.05) is 11.3 Å². The normalized spacial score (nSPS) is 13.2. The SMILES string of the molecule is C1=C(c2ccccc2)C(N(c2ccc(-c3ccccc3)cc2)c2cc3c(c4ccccc24)c2ccccc2n3-c2ccc3c(c2)sc2ccccc23)=CCC1. The fourth-order valence-electron chi connectivity index (χ4n) is 8.73. The third-order valence-electron chi connectivity index (χ3n) is 11.2. The van der Waals surface area contributed by atoms with Crippen molar-refractivity contribution in [3.05, 3.63) is 205 Å². The molecule has 0 saturated carbocycles. The van der Waals surface area contributed by atoms with Crippen LogP contribution < -0.4 is 4.90 Å². The molecule has 260 valence electrons. The molecule has 0 fully saturated rings. The minimum absolute atomic E-state index is 0.986. The van der Waals surface area contributed by atoms with E-state index in [9.17, 15) is 0 Å². The van der Waals surface area contributed by atoms with Gasteiger partial charge in [0.15, 0.2) is 0 Å². The van der Waals surface area contributed by atoms with Crippen molar-refractivity contribution in [2.24, 2.45) is 0 Å². The van der Waals surface area contributed by atoms with Gasteiger partial charge in [0.05, 0.1) is 16.7 Å². The van der Waals surface area contributed by atoms with E-state index in [1.54, 1.807) is 0 Å². The van der Waals surface area contributed by atoms with Gasteiger partial charge >= 0.3 is 0 Å². The van der Waals surface area contributed by atoms with E-state index in [4.69, 9.17) is 0 Å². The van der Waals surface area contributed by atoms with Gasteiger partial charge in [-0.25, -0.2) is 0 Å². The van der Waals surface area contributed by atoms with E-state index < -0.39 is 0 Å². The molecule has 11 rings (SSSR count). The molecule has 0 unspecified atom stereocenters. The Morgan fingerprint density at radius 1 is 0.436 bits per heavy atom. The minimum atomic E-state index is 0.986. The number of thiophene rings is 1. The summed E-state index contributed by atoms with van der Waals surface area (Å²) in [4.78, 5) is 2.52. The molecule has 1 aliphatic carbocycles. The molecule has 10 aromatic rings. The van der Waals surface area contributed by atoms with Crippen LogP contribution in [0.15, 0.2) is 200 Å². The summed E-state index contributed by atoms with van der Waals surface area (Å²) in [5.74, 6) is 0. The van der Waals surface area contributed by atoms with E-state index in [0.29, 0.717) is 0 Å². The first kappa shape index (κ1) is 31.8. The van der Waals surface area contributed by atoms with Crippen LogP contribution in [0.3, 0.4) is 0 Å². The number of aromatic nitrogens is 1. The molecule has 2 heterocycles. The molecule has 0 atom stereocenters. The Morgan fingerprint density at radius 3 is 1.85 bits per heavy atom. The van der Waals surface area contributed by atoms with Crippen LogP contribution in [0.25, 0.3) is 75.1 Å². The van der Waals surface area contributed by atoms with Crippen molar-refractivity contribution in [3.63, 3.8) is 0 Å². The second-order valence-electron chi connectivity index (χ2n) is 14.4. The van der Waals surface area contributed by atoms with Crippen LogP contribution in [0.1, 0.15) is 18.4 Å². The number of rotatable bonds is 6. The number of para-hydroxylation sites is 1. The molecule has 2 nitrogen and oxygen atoms in total. The third kappa shape index (κ3) is 5.23. The van der Waals surface area contributed by atoms with Gasteiger partial charge in [-0.15, -0.1) is 11.3 Å². The summed E-state index contributed by atoms with van der Waals surface area (Å²) >= 11 is 1.87. The molecule has 1 aliphatic rings. The summed E-state index contributed by atoms with van der Waals surface area (Å²) in [6.07, 6.45) is 6.87. The molecule has 8 aromatic carbocycles. The zero-order chi connectivity index (χ0) is 36.3. The average molecular weight is 721 g/mol. The van der Waals surface area contributed by atoms with Crippen molar-refractivity contribution in [1.29, 1.82) is 0 Å². The summed E-state index contributed by atoms with van der Waals surface area (Å²) in [5, 5.41) is 7.65. The molecule has 0 aliphatic heterocycles. The van der Waals surface area contributed by atoms with Gasteiger partial charge in [0.2, 0.25) is 0 Å². The lowest BCUT2D eigenvalue weighted by Crippen LogP contribution is -2.19. The van der Waals surface area contributed by atoms with Crippen LogP contribution in [0.5, 0.6) is 0 Å². The van der Waals surface area contributed by atoms with Crippen LogP contribution in [0.2, 0.25) is 0 Å². The predicted molar refractivity (Wildman–Crippen MR) is 237 cm³/mol. The number of hydrogen-bond acceptors (Lipinski definition) is 2. The number of fused-ring (bicyclic) bond motifs is 8. The van der Waals surface area contributed by atoms with Gasteiger partial charge in [0.25, 0.3) is 0 Å². The van der Waals surface area contributed by atoms with Gasteiger partial charge in [0, 0.05) is 59.0 Å². The summed E-state index contributed by atoms with van der Waals surface area (Å²) < 4.78 is 5.11. The van der Waals surface area contributed by atoms with Crippen LogP contribution in [0, 0.1) is 0 Å². The number of anilines is 2. The number of nitrogens with zero attached hydrogens (tertiary/aromatic N) is 2. The summed E-state index contributed by atoms with van der Waals surface area (Å²) in [6, 6.07) is 66.8. The topological polar surface area (TPSA) is 8.17 Å². The fraction of sp³-hybridized carbons (Fsp3) is 0.0385. The fourth-order valence-corrected chi connectivity index (χ4v) is 9.87. The second-order valence-corrected chi connectivity index (χ2v) is 15.4. The highest BCUT2D eigenvalue weighted by Crippen LogP contribution is 2.47. The lowest BCUT2D eigenvalue weighted by Gasteiger charge is -2.32. The molecular weight excluding hydrogens is 685 g/mol. The van der Waals surface area contributed by atoms with Crippen LogP contribution >= 0.6 is 11.3 Å². The maximum atomic E-state index is 2.52. The summed E-state index contributed by atoms with van der Waals surface area (Å²) in [7, 11) is 0. The molecule has 0 N–H and O–H groups in total. The lowest BCUT2D eigenvalue weighted by molar-refractivity contribution is 1.01. The van der Waals surface area contributed by atoms with Gasteiger partial charge in [-0.05, 0) is 77.4 Å². The van der Waals surface area contributed by atoms with Crippen molar-refractivity contribution < 1.29 is 0 Å². The lowest BCUT2D eigenvalue weighted by atomic mass is 9.93. The quantitative estimate of drug-likeness (QED) is 0.166. The molecule has 0 bridgehead atoms. The Hall–Kier alpha value is -6.68. The van der Waals surface area contributed by atoms with E-state index in [1.165, 1.54) is 86.4 Å². The monoisotopic (exact) mass is 720 g/mol. The zero-order valence-electron chi connectivity index (χ0n) is 30.2. The Labute approximate surface area is 324 Å². The van der Waals surface area contributed by atoms with Gasteiger partial charge in [-0.2, -0.15) is 0 Å². The van der Waals surface area contributed by atoms with Crippen LogP contribution in [-0.4, -0.2) is 4.57 Å². The van der Waals surface area contributed by atoms with Crippen LogP contribution in [-0.2, 0) is 0 Å². The first-order chi connectivity index (χ1) is 27.3. The molecular formula is C52H36N2S. The highest BCUT2D eigenvalue weighted by atomic mass is 32.1. The molecule has 0 amide bonds. The summed E-state index contributed by atoms with van der Waals surface area (Å²) in [6.45, 7) is 0. The molecule has 0 spiro atoms. The Bertz CT molecular complexity index is 3130. The largest absolute Gasteiger partial charge is 0.310 e. The third-order valence-corrected chi connectivity index (χ3v) is 12.3. The Morgan fingerprint density at radius 2 is 1.05 bits per heavy atom. The van der Waals surface area contributed by atoms with E-state index >= 15 is 0 Å². The maximum Gasteiger partial charge on any atom is 0.0568 e. The number of hydrogen-bond donors (Lipinski definition) is 0. The first-order valence-electron chi connectivity index (χ1n) is 19.1. The molecule has 2 aromatic heterocycles. The van der Waals surface area contributed by atoms with Crippen molar-refractivity contribution in [2.75, 3.05) is 4.90 Å². The highest BCUT2D eigenvalue weighted by Gasteiger charge is 2.26. The second kappa shape index (κ2) is 13.0. The van der Waals surface area contributed by atoms with Crippen molar-refractivity contribution in [1.82, 2.24) is 4.57 Å². The minimum Gasteiger partial charge on any atom is -0.310 e. The van der Waals surface area contributed by atoms with Crippen LogP contribution in [0.4, 0.5) is 11.4 Å². The van der Waals surface area contributed by atoms with E-state index in [2.05, 4.69) is 204 Å². The smallest absolute Gasteiger partial charge is 0.0568 e. The van der Waals surface area contributed by atoms with Gasteiger partial charge in [0.1, 0.15) is 0 Å². The number of benzene rings is 8. The van der Waals surface area contributed by atoms with Crippen molar-refractivity contribution in [3.8, 4) is 16.8 Å². The van der Waals surface area contributed by atoms with Gasteiger partial charge in [-0.3, -0.25) is 0 Å². The van der Waals surface area contributed by atoms with Gasteiger partial charge < -0.3 is 9.47 Å². The predicted octanol–water partition coefficient (Wildman–Crippen LogP) is 14.9. The average Bonchev–Trinajstić information content (AvgIpc) is 3.80. The molecule has 55 heavy (non-hydrogen) atoms. The van der Waals surface area contributed by atoms with Gasteiger partial charge in [-0.1, -0.05) is 152 Å². The maximum absolute atomic E-state index is 2.52. The molecule has 3 heteroatoms. The number of allylic oxidation sites excluding steroid dienone is 3. The standard InChI is InChI=1S/C52H36N2S/c1-3-15-35(16-4-1)36-27-29-38(30-28-36)53(46-24-12-9-19-40(46)37-17-5-2-6-18-37)48-34-49-52(44-22-8-7-20-41(44)48)45-23-10-13-25-47(45)54(49)39-31-32-43-42-21-11-14-26-50(42)55-51(43)33-39/h1-8,10-11,13-34H,9,12H2.